The second kappa shape index (κ2) is 9.78. The molecule has 0 amide bonds. The molecule has 0 saturated heterocycles. The van der Waals surface area contributed by atoms with Gasteiger partial charge < -0.3 is 14.8 Å². The van der Waals surface area contributed by atoms with E-state index in [0.29, 0.717) is 0 Å². The highest BCUT2D eigenvalue weighted by molar-refractivity contribution is 5.30. The normalized spacial score (nSPS) is 14.0. The summed E-state index contributed by atoms with van der Waals surface area (Å²) in [6.45, 7) is 8.38. The van der Waals surface area contributed by atoms with Gasteiger partial charge in [0.05, 0.1) is 19.3 Å². The number of rotatable bonds is 10. The van der Waals surface area contributed by atoms with Crippen LogP contribution in [0.3, 0.4) is 0 Å². The van der Waals surface area contributed by atoms with Crippen molar-refractivity contribution in [2.24, 2.45) is 0 Å². The van der Waals surface area contributed by atoms with Crippen LogP contribution in [0.4, 0.5) is 0 Å². The summed E-state index contributed by atoms with van der Waals surface area (Å²) in [6.07, 6.45) is 3.73. The first-order valence-corrected chi connectivity index (χ1v) is 7.71. The summed E-state index contributed by atoms with van der Waals surface area (Å²) in [6, 6.07) is 8.17. The molecule has 20 heavy (non-hydrogen) atoms. The van der Waals surface area contributed by atoms with Crippen molar-refractivity contribution < 1.29 is 9.47 Å². The van der Waals surface area contributed by atoms with Crippen molar-refractivity contribution in [3.8, 4) is 5.75 Å². The molecule has 2 unspecified atom stereocenters. The summed E-state index contributed by atoms with van der Waals surface area (Å²) in [5.41, 5.74) is 1.18. The van der Waals surface area contributed by atoms with E-state index >= 15 is 0 Å². The highest BCUT2D eigenvalue weighted by Crippen LogP contribution is 2.23. The third-order valence-corrected chi connectivity index (χ3v) is 3.31. The lowest BCUT2D eigenvalue weighted by Crippen LogP contribution is -2.26. The molecule has 0 aromatic heterocycles. The van der Waals surface area contributed by atoms with Crippen LogP contribution >= 0.6 is 0 Å². The van der Waals surface area contributed by atoms with Crippen molar-refractivity contribution in [1.82, 2.24) is 5.32 Å². The number of benzene rings is 1. The van der Waals surface area contributed by atoms with Crippen LogP contribution in [-0.2, 0) is 4.74 Å². The Morgan fingerprint density at radius 1 is 1.20 bits per heavy atom. The summed E-state index contributed by atoms with van der Waals surface area (Å²) in [5.74, 6) is 0.884. The van der Waals surface area contributed by atoms with E-state index < -0.39 is 0 Å². The van der Waals surface area contributed by atoms with Gasteiger partial charge in [0.2, 0.25) is 0 Å². The molecule has 0 spiro atoms. The van der Waals surface area contributed by atoms with Gasteiger partial charge in [-0.1, -0.05) is 32.4 Å². The number of ether oxygens (including phenoxy) is 2. The van der Waals surface area contributed by atoms with Gasteiger partial charge in [-0.3, -0.25) is 0 Å². The molecule has 0 bridgehead atoms. The minimum atomic E-state index is 0.0817. The van der Waals surface area contributed by atoms with E-state index in [1.165, 1.54) is 5.56 Å². The number of hydrogen-bond acceptors (Lipinski definition) is 3. The zero-order valence-corrected chi connectivity index (χ0v) is 13.3. The molecule has 0 aliphatic rings. The minimum Gasteiger partial charge on any atom is -0.497 e. The fourth-order valence-corrected chi connectivity index (χ4v) is 2.25. The maximum Gasteiger partial charge on any atom is 0.119 e. The molecule has 1 aromatic carbocycles. The SMILES string of the molecule is CCCNCC(OC(C)CCC)c1cccc(OC)c1. The van der Waals surface area contributed by atoms with E-state index in [0.717, 1.165) is 38.1 Å². The maximum atomic E-state index is 6.20. The third kappa shape index (κ3) is 5.93. The Balaban J connectivity index is 2.73. The second-order valence-corrected chi connectivity index (χ2v) is 5.20. The fourth-order valence-electron chi connectivity index (χ4n) is 2.25. The minimum absolute atomic E-state index is 0.0817. The van der Waals surface area contributed by atoms with E-state index in [9.17, 15) is 0 Å². The Kier molecular flexibility index (Phi) is 8.31. The number of nitrogens with one attached hydrogen (secondary N) is 1. The van der Waals surface area contributed by atoms with Gasteiger partial charge in [-0.2, -0.15) is 0 Å². The third-order valence-electron chi connectivity index (χ3n) is 3.31. The zero-order chi connectivity index (χ0) is 14.8. The average molecular weight is 279 g/mol. The molecule has 3 heteroatoms. The molecule has 0 aliphatic carbocycles. The first kappa shape index (κ1) is 17.0. The predicted molar refractivity (Wildman–Crippen MR) is 84.4 cm³/mol. The van der Waals surface area contributed by atoms with Gasteiger partial charge in [0.1, 0.15) is 5.75 Å². The number of methoxy groups -OCH3 is 1. The van der Waals surface area contributed by atoms with Crippen molar-refractivity contribution in [2.45, 2.75) is 52.2 Å². The smallest absolute Gasteiger partial charge is 0.119 e. The topological polar surface area (TPSA) is 30.5 Å². The van der Waals surface area contributed by atoms with Gasteiger partial charge in [-0.15, -0.1) is 0 Å². The lowest BCUT2D eigenvalue weighted by Gasteiger charge is -2.23. The highest BCUT2D eigenvalue weighted by Gasteiger charge is 2.15. The van der Waals surface area contributed by atoms with Crippen LogP contribution in [0.2, 0.25) is 0 Å². The summed E-state index contributed by atoms with van der Waals surface area (Å²) < 4.78 is 11.5. The molecule has 0 heterocycles. The van der Waals surface area contributed by atoms with Gasteiger partial charge in [-0.05, 0) is 44.0 Å². The summed E-state index contributed by atoms with van der Waals surface area (Å²) in [4.78, 5) is 0. The maximum absolute atomic E-state index is 6.20. The lowest BCUT2D eigenvalue weighted by molar-refractivity contribution is -0.00720. The van der Waals surface area contributed by atoms with Crippen LogP contribution in [0.15, 0.2) is 24.3 Å². The van der Waals surface area contributed by atoms with Crippen LogP contribution < -0.4 is 10.1 Å². The number of hydrogen-bond donors (Lipinski definition) is 1. The van der Waals surface area contributed by atoms with E-state index in [1.54, 1.807) is 7.11 Å². The molecule has 0 radical (unpaired) electrons. The molecule has 0 aliphatic heterocycles. The van der Waals surface area contributed by atoms with E-state index in [-0.39, 0.29) is 12.2 Å². The standard InChI is InChI=1S/C17H29NO2/c1-5-8-14(3)20-17(13-18-11-6-2)15-9-7-10-16(12-15)19-4/h7,9-10,12,14,17-18H,5-6,8,11,13H2,1-4H3. The van der Waals surface area contributed by atoms with E-state index in [1.807, 2.05) is 12.1 Å². The Bertz CT molecular complexity index is 368. The zero-order valence-electron chi connectivity index (χ0n) is 13.3. The Labute approximate surface area is 123 Å². The van der Waals surface area contributed by atoms with Crippen LogP contribution in [-0.4, -0.2) is 26.3 Å². The van der Waals surface area contributed by atoms with E-state index in [4.69, 9.17) is 9.47 Å². The van der Waals surface area contributed by atoms with Crippen molar-refractivity contribution in [3.63, 3.8) is 0 Å². The Hall–Kier alpha value is -1.06. The van der Waals surface area contributed by atoms with Crippen LogP contribution in [0.25, 0.3) is 0 Å². The molecule has 1 N–H and O–H groups in total. The average Bonchev–Trinajstić information content (AvgIpc) is 2.47. The highest BCUT2D eigenvalue weighted by atomic mass is 16.5. The first-order valence-electron chi connectivity index (χ1n) is 7.71. The van der Waals surface area contributed by atoms with Gasteiger partial charge in [-0.25, -0.2) is 0 Å². The van der Waals surface area contributed by atoms with Crippen molar-refractivity contribution in [1.29, 1.82) is 0 Å². The largest absolute Gasteiger partial charge is 0.497 e. The van der Waals surface area contributed by atoms with Gasteiger partial charge in [0, 0.05) is 6.54 Å². The van der Waals surface area contributed by atoms with Gasteiger partial charge in [0.15, 0.2) is 0 Å². The lowest BCUT2D eigenvalue weighted by atomic mass is 10.1. The quantitative estimate of drug-likeness (QED) is 0.658. The molecular weight excluding hydrogens is 250 g/mol. The predicted octanol–water partition coefficient (Wildman–Crippen LogP) is 3.94. The summed E-state index contributed by atoms with van der Waals surface area (Å²) in [7, 11) is 1.70. The molecule has 2 atom stereocenters. The van der Waals surface area contributed by atoms with Crippen LogP contribution in [0.1, 0.15) is 51.7 Å². The Morgan fingerprint density at radius 2 is 2.00 bits per heavy atom. The van der Waals surface area contributed by atoms with Crippen molar-refractivity contribution in [3.05, 3.63) is 29.8 Å². The molecular formula is C17H29NO2. The molecule has 1 rings (SSSR count). The Morgan fingerprint density at radius 3 is 2.65 bits per heavy atom. The van der Waals surface area contributed by atoms with Crippen LogP contribution in [0, 0.1) is 0 Å². The molecule has 3 nitrogen and oxygen atoms in total. The molecule has 0 fully saturated rings. The summed E-state index contributed by atoms with van der Waals surface area (Å²) in [5, 5.41) is 3.45. The van der Waals surface area contributed by atoms with Gasteiger partial charge >= 0.3 is 0 Å². The molecule has 114 valence electrons. The van der Waals surface area contributed by atoms with Gasteiger partial charge in [0.25, 0.3) is 0 Å². The molecule has 0 saturated carbocycles. The first-order chi connectivity index (χ1) is 9.71. The molecule has 1 aromatic rings. The monoisotopic (exact) mass is 279 g/mol. The van der Waals surface area contributed by atoms with Crippen molar-refractivity contribution >= 4 is 0 Å². The van der Waals surface area contributed by atoms with E-state index in [2.05, 4.69) is 38.2 Å². The summed E-state index contributed by atoms with van der Waals surface area (Å²) >= 11 is 0. The van der Waals surface area contributed by atoms with Crippen molar-refractivity contribution in [2.75, 3.05) is 20.2 Å². The van der Waals surface area contributed by atoms with Crippen LogP contribution in [0.5, 0.6) is 5.75 Å². The fraction of sp³-hybridized carbons (Fsp3) is 0.647. The second-order valence-electron chi connectivity index (χ2n) is 5.20.